The van der Waals surface area contributed by atoms with E-state index >= 15 is 0 Å². The minimum atomic E-state index is -0.312. The first-order valence-electron chi connectivity index (χ1n) is 5.96. The Balaban J connectivity index is 2.46. The van der Waals surface area contributed by atoms with Crippen molar-refractivity contribution in [2.75, 3.05) is 0 Å². The molecule has 0 aliphatic carbocycles. The molecule has 0 radical (unpaired) electrons. The SMILES string of the molecule is CCCn1ncc(Br)c1C(N)c1cc(Br)ccc1Cl. The van der Waals surface area contributed by atoms with Gasteiger partial charge < -0.3 is 5.73 Å². The fourth-order valence-electron chi connectivity index (χ4n) is 1.97. The van der Waals surface area contributed by atoms with Crippen LogP contribution in [0.5, 0.6) is 0 Å². The van der Waals surface area contributed by atoms with E-state index in [2.05, 4.69) is 43.9 Å². The van der Waals surface area contributed by atoms with Crippen molar-refractivity contribution in [1.29, 1.82) is 0 Å². The fourth-order valence-corrected chi connectivity index (χ4v) is 3.13. The van der Waals surface area contributed by atoms with Crippen molar-refractivity contribution in [2.24, 2.45) is 5.73 Å². The molecule has 0 aliphatic heterocycles. The quantitative estimate of drug-likeness (QED) is 0.810. The molecule has 19 heavy (non-hydrogen) atoms. The first-order chi connectivity index (χ1) is 9.04. The normalized spacial score (nSPS) is 12.7. The van der Waals surface area contributed by atoms with Crippen LogP contribution in [0.15, 0.2) is 33.3 Å². The second-order valence-corrected chi connectivity index (χ2v) is 6.42. The van der Waals surface area contributed by atoms with Crippen LogP contribution < -0.4 is 5.73 Å². The molecule has 0 fully saturated rings. The molecular weight excluding hydrogens is 393 g/mol. The standard InChI is InChI=1S/C13H14Br2ClN3/c1-2-5-19-13(10(15)7-18-19)12(17)9-6-8(14)3-4-11(9)16/h3-4,6-7,12H,2,5,17H2,1H3. The molecule has 0 aliphatic rings. The lowest BCUT2D eigenvalue weighted by Gasteiger charge is -2.17. The van der Waals surface area contributed by atoms with Crippen LogP contribution in [0.1, 0.15) is 30.6 Å². The lowest BCUT2D eigenvalue weighted by molar-refractivity contribution is 0.559. The molecule has 0 amide bonds. The summed E-state index contributed by atoms with van der Waals surface area (Å²) in [6, 6.07) is 5.38. The lowest BCUT2D eigenvalue weighted by Crippen LogP contribution is -2.18. The first kappa shape index (κ1) is 15.0. The Kier molecular flexibility index (Phi) is 5.06. The molecule has 1 atom stereocenters. The van der Waals surface area contributed by atoms with E-state index < -0.39 is 0 Å². The molecule has 1 aromatic carbocycles. The Morgan fingerprint density at radius 1 is 1.42 bits per heavy atom. The maximum absolute atomic E-state index is 6.37. The van der Waals surface area contributed by atoms with E-state index in [1.54, 1.807) is 6.20 Å². The van der Waals surface area contributed by atoms with E-state index in [1.165, 1.54) is 0 Å². The Labute approximate surface area is 134 Å². The molecule has 1 aromatic heterocycles. The number of halogens is 3. The molecule has 0 spiro atoms. The van der Waals surface area contributed by atoms with E-state index in [1.807, 2.05) is 22.9 Å². The van der Waals surface area contributed by atoms with E-state index in [-0.39, 0.29) is 6.04 Å². The molecule has 3 nitrogen and oxygen atoms in total. The molecule has 0 bridgehead atoms. The van der Waals surface area contributed by atoms with Crippen LogP contribution in [0.2, 0.25) is 5.02 Å². The van der Waals surface area contributed by atoms with Gasteiger partial charge in [0.15, 0.2) is 0 Å². The third kappa shape index (κ3) is 3.21. The average molecular weight is 408 g/mol. The van der Waals surface area contributed by atoms with Gasteiger partial charge in [-0.25, -0.2) is 0 Å². The summed E-state index contributed by atoms with van der Waals surface area (Å²) >= 11 is 13.2. The van der Waals surface area contributed by atoms with Crippen LogP contribution in [0.3, 0.4) is 0 Å². The zero-order valence-electron chi connectivity index (χ0n) is 10.4. The Morgan fingerprint density at radius 2 is 2.16 bits per heavy atom. The van der Waals surface area contributed by atoms with Crippen molar-refractivity contribution in [2.45, 2.75) is 25.9 Å². The lowest BCUT2D eigenvalue weighted by atomic mass is 10.0. The van der Waals surface area contributed by atoms with Gasteiger partial charge in [-0.3, -0.25) is 4.68 Å². The maximum atomic E-state index is 6.37. The van der Waals surface area contributed by atoms with E-state index in [0.29, 0.717) is 5.02 Å². The minimum absolute atomic E-state index is 0.312. The molecule has 2 aromatic rings. The van der Waals surface area contributed by atoms with Crippen molar-refractivity contribution in [3.63, 3.8) is 0 Å². The van der Waals surface area contributed by atoms with Gasteiger partial charge in [0.05, 0.1) is 22.4 Å². The van der Waals surface area contributed by atoms with E-state index in [4.69, 9.17) is 17.3 Å². The highest BCUT2D eigenvalue weighted by atomic mass is 79.9. The van der Waals surface area contributed by atoms with Gasteiger partial charge in [0, 0.05) is 16.0 Å². The number of aromatic nitrogens is 2. The molecule has 0 saturated carbocycles. The van der Waals surface area contributed by atoms with Crippen LogP contribution in [0.25, 0.3) is 0 Å². The zero-order valence-corrected chi connectivity index (χ0v) is 14.3. The summed E-state index contributed by atoms with van der Waals surface area (Å²) in [7, 11) is 0. The maximum Gasteiger partial charge on any atom is 0.0749 e. The summed E-state index contributed by atoms with van der Waals surface area (Å²) in [4.78, 5) is 0. The second-order valence-electron chi connectivity index (χ2n) is 4.24. The number of nitrogens with two attached hydrogens (primary N) is 1. The minimum Gasteiger partial charge on any atom is -0.319 e. The number of hydrogen-bond acceptors (Lipinski definition) is 2. The highest BCUT2D eigenvalue weighted by molar-refractivity contribution is 9.10. The molecule has 2 rings (SSSR count). The molecular formula is C13H14Br2ClN3. The number of rotatable bonds is 4. The largest absolute Gasteiger partial charge is 0.319 e. The van der Waals surface area contributed by atoms with Crippen LogP contribution in [-0.2, 0) is 6.54 Å². The summed E-state index contributed by atoms with van der Waals surface area (Å²) in [5.74, 6) is 0. The monoisotopic (exact) mass is 405 g/mol. The molecule has 2 N–H and O–H groups in total. The number of aryl methyl sites for hydroxylation is 1. The highest BCUT2D eigenvalue weighted by Gasteiger charge is 2.20. The number of hydrogen-bond donors (Lipinski definition) is 1. The van der Waals surface area contributed by atoms with Crippen LogP contribution in [0.4, 0.5) is 0 Å². The Morgan fingerprint density at radius 3 is 2.84 bits per heavy atom. The van der Waals surface area contributed by atoms with Gasteiger partial charge in [-0.2, -0.15) is 5.10 Å². The third-order valence-electron chi connectivity index (χ3n) is 2.86. The summed E-state index contributed by atoms with van der Waals surface area (Å²) in [6.07, 6.45) is 2.77. The predicted molar refractivity (Wildman–Crippen MR) is 85.4 cm³/mol. The first-order valence-corrected chi connectivity index (χ1v) is 7.92. The Hall–Kier alpha value is -0.360. The third-order valence-corrected chi connectivity index (χ3v) is 4.30. The van der Waals surface area contributed by atoms with Gasteiger partial charge in [-0.05, 0) is 46.1 Å². The van der Waals surface area contributed by atoms with Crippen molar-refractivity contribution in [3.8, 4) is 0 Å². The summed E-state index contributed by atoms with van der Waals surface area (Å²) in [5.41, 5.74) is 8.20. The smallest absolute Gasteiger partial charge is 0.0749 e. The highest BCUT2D eigenvalue weighted by Crippen LogP contribution is 2.32. The summed E-state index contributed by atoms with van der Waals surface area (Å²) < 4.78 is 3.79. The van der Waals surface area contributed by atoms with E-state index in [9.17, 15) is 0 Å². The average Bonchev–Trinajstić information content (AvgIpc) is 2.73. The van der Waals surface area contributed by atoms with Crippen LogP contribution in [0, 0.1) is 0 Å². The molecule has 0 saturated heterocycles. The van der Waals surface area contributed by atoms with Gasteiger partial charge in [-0.1, -0.05) is 34.5 Å². The topological polar surface area (TPSA) is 43.8 Å². The van der Waals surface area contributed by atoms with Gasteiger partial charge >= 0.3 is 0 Å². The van der Waals surface area contributed by atoms with Gasteiger partial charge in [0.1, 0.15) is 0 Å². The van der Waals surface area contributed by atoms with Crippen molar-refractivity contribution < 1.29 is 0 Å². The van der Waals surface area contributed by atoms with Crippen LogP contribution in [-0.4, -0.2) is 9.78 Å². The second kappa shape index (κ2) is 6.39. The summed E-state index contributed by atoms with van der Waals surface area (Å²) in [6.45, 7) is 2.94. The van der Waals surface area contributed by atoms with Crippen molar-refractivity contribution in [3.05, 3.63) is 49.6 Å². The molecule has 1 unspecified atom stereocenters. The molecule has 6 heteroatoms. The molecule has 102 valence electrons. The van der Waals surface area contributed by atoms with Gasteiger partial charge in [0.2, 0.25) is 0 Å². The van der Waals surface area contributed by atoms with Gasteiger partial charge in [-0.15, -0.1) is 0 Å². The number of nitrogens with zero attached hydrogens (tertiary/aromatic N) is 2. The van der Waals surface area contributed by atoms with E-state index in [0.717, 1.165) is 33.2 Å². The van der Waals surface area contributed by atoms with Crippen molar-refractivity contribution >= 4 is 43.5 Å². The Bertz CT molecular complexity index is 583. The van der Waals surface area contributed by atoms with Gasteiger partial charge in [0.25, 0.3) is 0 Å². The predicted octanol–water partition coefficient (Wildman–Crippen LogP) is 4.52. The fraction of sp³-hybridized carbons (Fsp3) is 0.308. The number of benzene rings is 1. The molecule has 1 heterocycles. The van der Waals surface area contributed by atoms with Crippen LogP contribution >= 0.6 is 43.5 Å². The van der Waals surface area contributed by atoms with Crippen molar-refractivity contribution in [1.82, 2.24) is 9.78 Å². The summed E-state index contributed by atoms with van der Waals surface area (Å²) in [5, 5.41) is 5.00. The zero-order chi connectivity index (χ0) is 14.0.